The van der Waals surface area contributed by atoms with E-state index in [-0.39, 0.29) is 23.7 Å². The van der Waals surface area contributed by atoms with Crippen LogP contribution in [0.4, 0.5) is 0 Å². The number of fused-ring (bicyclic) bond motifs is 1. The van der Waals surface area contributed by atoms with Crippen LogP contribution in [0.3, 0.4) is 0 Å². The van der Waals surface area contributed by atoms with Gasteiger partial charge in [-0.2, -0.15) is 0 Å². The molecule has 26 heavy (non-hydrogen) atoms. The Kier molecular flexibility index (Phi) is 4.82. The normalized spacial score (nSPS) is 28.2. The Morgan fingerprint density at radius 2 is 2.19 bits per heavy atom. The summed E-state index contributed by atoms with van der Waals surface area (Å²) in [6.45, 7) is 0.662. The van der Waals surface area contributed by atoms with Crippen LogP contribution < -0.4 is 0 Å². The first-order valence-corrected chi connectivity index (χ1v) is 10.0. The number of likely N-dealkylation sites (tertiary alicyclic amines) is 1. The summed E-state index contributed by atoms with van der Waals surface area (Å²) in [7, 11) is 1.72. The van der Waals surface area contributed by atoms with Gasteiger partial charge in [0, 0.05) is 25.5 Å². The Morgan fingerprint density at radius 3 is 2.96 bits per heavy atom. The van der Waals surface area contributed by atoms with Crippen molar-refractivity contribution in [3.63, 3.8) is 0 Å². The van der Waals surface area contributed by atoms with E-state index in [1.807, 2.05) is 28.5 Å². The summed E-state index contributed by atoms with van der Waals surface area (Å²) in [5.74, 6) is -0.0430. The number of ether oxygens (including phenoxy) is 1. The number of aliphatic hydroxyl groups excluding tert-OH is 1. The van der Waals surface area contributed by atoms with Gasteiger partial charge in [0.1, 0.15) is 5.69 Å². The minimum atomic E-state index is -0.360. The van der Waals surface area contributed by atoms with Gasteiger partial charge in [-0.25, -0.2) is 4.98 Å². The van der Waals surface area contributed by atoms with Crippen molar-refractivity contribution in [3.8, 4) is 0 Å². The Hall–Kier alpha value is -1.76. The van der Waals surface area contributed by atoms with Crippen LogP contribution in [0.2, 0.25) is 0 Å². The summed E-state index contributed by atoms with van der Waals surface area (Å²) in [6.07, 6.45) is 3.33. The molecule has 1 N–H and O–H groups in total. The highest BCUT2D eigenvalue weighted by Gasteiger charge is 2.52. The minimum absolute atomic E-state index is 0.0430. The molecule has 3 atom stereocenters. The number of benzene rings is 1. The summed E-state index contributed by atoms with van der Waals surface area (Å²) in [5, 5.41) is 12.9. The number of aliphatic hydroxyl groups is 1. The number of carbonyl (C=O) groups is 1. The molecule has 0 spiro atoms. The van der Waals surface area contributed by atoms with Crippen LogP contribution in [0.15, 0.2) is 35.7 Å². The van der Waals surface area contributed by atoms with Crippen molar-refractivity contribution in [2.75, 3.05) is 13.7 Å². The molecule has 2 aromatic rings. The summed E-state index contributed by atoms with van der Waals surface area (Å²) < 4.78 is 5.83. The molecule has 0 unspecified atom stereocenters. The van der Waals surface area contributed by atoms with Crippen molar-refractivity contribution in [2.24, 2.45) is 0 Å². The summed E-state index contributed by atoms with van der Waals surface area (Å²) in [5.41, 5.74) is 1.39. The Bertz CT molecular complexity index is 778. The maximum atomic E-state index is 13.1. The molecule has 1 saturated heterocycles. The quantitative estimate of drug-likeness (QED) is 0.896. The first-order valence-electron chi connectivity index (χ1n) is 9.14. The van der Waals surface area contributed by atoms with E-state index in [1.165, 1.54) is 16.9 Å². The molecular weight excluding hydrogens is 348 g/mol. The maximum Gasteiger partial charge on any atom is 0.273 e. The van der Waals surface area contributed by atoms with Crippen LogP contribution in [0.1, 0.15) is 46.7 Å². The Morgan fingerprint density at radius 1 is 1.38 bits per heavy atom. The molecule has 1 aromatic carbocycles. The number of thiazole rings is 1. The van der Waals surface area contributed by atoms with Crippen LogP contribution in [0.25, 0.3) is 0 Å². The first-order chi connectivity index (χ1) is 12.6. The van der Waals surface area contributed by atoms with Crippen molar-refractivity contribution < 1.29 is 14.6 Å². The Balaban J connectivity index is 1.51. The first kappa shape index (κ1) is 17.6. The average Bonchev–Trinajstić information content (AvgIpc) is 3.27. The molecule has 1 saturated carbocycles. The van der Waals surface area contributed by atoms with E-state index in [0.29, 0.717) is 18.7 Å². The highest BCUT2D eigenvalue weighted by Crippen LogP contribution is 2.42. The molecule has 0 bridgehead atoms. The zero-order valence-electron chi connectivity index (χ0n) is 14.9. The number of aromatic nitrogens is 1. The van der Waals surface area contributed by atoms with Gasteiger partial charge >= 0.3 is 0 Å². The van der Waals surface area contributed by atoms with Crippen molar-refractivity contribution in [2.45, 2.75) is 49.9 Å². The summed E-state index contributed by atoms with van der Waals surface area (Å²) in [6, 6.07) is 10.1. The monoisotopic (exact) mass is 372 g/mol. The zero-order valence-corrected chi connectivity index (χ0v) is 15.7. The predicted molar refractivity (Wildman–Crippen MR) is 100 cm³/mol. The third kappa shape index (κ3) is 3.17. The molecule has 4 rings (SSSR count). The minimum Gasteiger partial charge on any atom is -0.393 e. The van der Waals surface area contributed by atoms with E-state index in [4.69, 9.17) is 4.74 Å². The lowest BCUT2D eigenvalue weighted by Gasteiger charge is -2.42. The number of rotatable bonds is 4. The van der Waals surface area contributed by atoms with Crippen molar-refractivity contribution in [1.29, 1.82) is 0 Å². The van der Waals surface area contributed by atoms with Crippen LogP contribution in [-0.2, 0) is 11.2 Å². The van der Waals surface area contributed by atoms with Gasteiger partial charge in [0.05, 0.1) is 22.8 Å². The molecule has 6 heteroatoms. The summed E-state index contributed by atoms with van der Waals surface area (Å²) in [4.78, 5) is 19.5. The molecule has 2 heterocycles. The van der Waals surface area contributed by atoms with Gasteiger partial charge < -0.3 is 14.7 Å². The lowest BCUT2D eigenvalue weighted by molar-refractivity contribution is -0.0824. The Labute approximate surface area is 157 Å². The highest BCUT2D eigenvalue weighted by atomic mass is 32.1. The number of amides is 1. The van der Waals surface area contributed by atoms with Gasteiger partial charge in [-0.15, -0.1) is 11.3 Å². The van der Waals surface area contributed by atoms with E-state index >= 15 is 0 Å². The second kappa shape index (κ2) is 7.10. The van der Waals surface area contributed by atoms with Gasteiger partial charge in [0.15, 0.2) is 0 Å². The van der Waals surface area contributed by atoms with E-state index in [2.05, 4.69) is 17.1 Å². The van der Waals surface area contributed by atoms with E-state index < -0.39 is 0 Å². The van der Waals surface area contributed by atoms with Crippen LogP contribution in [0.5, 0.6) is 0 Å². The molecule has 0 radical (unpaired) electrons. The molecular formula is C20H24N2O3S. The van der Waals surface area contributed by atoms with Gasteiger partial charge in [-0.1, -0.05) is 30.3 Å². The third-order valence-electron chi connectivity index (χ3n) is 5.79. The molecule has 2 aliphatic rings. The second-order valence-corrected chi connectivity index (χ2v) is 8.19. The average molecular weight is 372 g/mol. The van der Waals surface area contributed by atoms with Gasteiger partial charge in [-0.05, 0) is 31.2 Å². The van der Waals surface area contributed by atoms with Crippen molar-refractivity contribution >= 4 is 17.2 Å². The molecule has 138 valence electrons. The predicted octanol–water partition coefficient (Wildman–Crippen LogP) is 2.88. The fraction of sp³-hybridized carbons (Fsp3) is 0.500. The van der Waals surface area contributed by atoms with Crippen molar-refractivity contribution in [3.05, 3.63) is 52.0 Å². The van der Waals surface area contributed by atoms with Gasteiger partial charge in [0.2, 0.25) is 0 Å². The summed E-state index contributed by atoms with van der Waals surface area (Å²) >= 11 is 1.53. The number of methoxy groups -OCH3 is 1. The number of hydrogen-bond donors (Lipinski definition) is 1. The smallest absolute Gasteiger partial charge is 0.273 e. The molecule has 1 amide bonds. The van der Waals surface area contributed by atoms with Gasteiger partial charge in [0.25, 0.3) is 5.91 Å². The van der Waals surface area contributed by atoms with Gasteiger partial charge in [-0.3, -0.25) is 4.79 Å². The molecule has 1 aliphatic carbocycles. The highest BCUT2D eigenvalue weighted by molar-refractivity contribution is 7.09. The number of hydrogen-bond acceptors (Lipinski definition) is 5. The maximum absolute atomic E-state index is 13.1. The van der Waals surface area contributed by atoms with E-state index in [9.17, 15) is 9.90 Å². The van der Waals surface area contributed by atoms with Crippen LogP contribution in [-0.4, -0.2) is 52.3 Å². The SMILES string of the molecule is CO[C@@]12CC[C@H](O)C[C@@H]1N(C(=O)c1csc(Cc3ccccc3)n1)CC2. The number of carbonyl (C=O) groups excluding carboxylic acids is 1. The van der Waals surface area contributed by atoms with Crippen molar-refractivity contribution in [1.82, 2.24) is 9.88 Å². The lowest BCUT2D eigenvalue weighted by Crippen LogP contribution is -2.52. The molecule has 2 fully saturated rings. The van der Waals surface area contributed by atoms with Crippen LogP contribution in [0, 0.1) is 0 Å². The lowest BCUT2D eigenvalue weighted by atomic mass is 9.79. The molecule has 1 aromatic heterocycles. The third-order valence-corrected chi connectivity index (χ3v) is 6.64. The van der Waals surface area contributed by atoms with E-state index in [1.54, 1.807) is 7.11 Å². The largest absolute Gasteiger partial charge is 0.393 e. The zero-order chi connectivity index (χ0) is 18.1. The fourth-order valence-corrected chi connectivity index (χ4v) is 5.13. The fourth-order valence-electron chi connectivity index (χ4n) is 4.33. The second-order valence-electron chi connectivity index (χ2n) is 7.25. The number of nitrogens with zero attached hydrogens (tertiary/aromatic N) is 2. The van der Waals surface area contributed by atoms with E-state index in [0.717, 1.165) is 30.7 Å². The topological polar surface area (TPSA) is 62.7 Å². The molecule has 5 nitrogen and oxygen atoms in total. The molecule has 1 aliphatic heterocycles. The standard InChI is InChI=1S/C20H24N2O3S/c1-25-20-8-7-15(23)12-17(20)22(10-9-20)19(24)16-13-26-18(21-16)11-14-5-3-2-4-6-14/h2-6,13,15,17,23H,7-12H2,1H3/t15-,17-,20+/m0/s1. The van der Waals surface area contributed by atoms with Crippen LogP contribution >= 0.6 is 11.3 Å².